The first-order valence-electron chi connectivity index (χ1n) is 7.68. The molecule has 1 aromatic heterocycles. The molecule has 2 unspecified atom stereocenters. The fourth-order valence-corrected chi connectivity index (χ4v) is 2.93. The third kappa shape index (κ3) is 4.01. The number of nitrogens with zero attached hydrogens (tertiary/aromatic N) is 3. The van der Waals surface area contributed by atoms with E-state index in [2.05, 4.69) is 47.9 Å². The van der Waals surface area contributed by atoms with Crippen molar-refractivity contribution in [3.8, 4) is 0 Å². The van der Waals surface area contributed by atoms with Gasteiger partial charge in [-0.2, -0.15) is 0 Å². The van der Waals surface area contributed by atoms with Crippen molar-refractivity contribution in [2.75, 3.05) is 33.7 Å². The summed E-state index contributed by atoms with van der Waals surface area (Å²) in [5, 5.41) is 0. The summed E-state index contributed by atoms with van der Waals surface area (Å²) in [7, 11) is 4.38. The highest BCUT2D eigenvalue weighted by Crippen LogP contribution is 2.12. The van der Waals surface area contributed by atoms with Crippen LogP contribution in [0.1, 0.15) is 24.6 Å². The monoisotopic (exact) mass is 276 g/mol. The van der Waals surface area contributed by atoms with Gasteiger partial charge in [-0.15, -0.1) is 0 Å². The molecule has 0 aliphatic carbocycles. The lowest BCUT2D eigenvalue weighted by Crippen LogP contribution is -2.51. The van der Waals surface area contributed by atoms with E-state index < -0.39 is 0 Å². The molecule has 2 heterocycles. The van der Waals surface area contributed by atoms with E-state index >= 15 is 0 Å². The van der Waals surface area contributed by atoms with Crippen LogP contribution in [0.2, 0.25) is 0 Å². The van der Waals surface area contributed by atoms with Crippen molar-refractivity contribution in [2.45, 2.75) is 38.3 Å². The van der Waals surface area contributed by atoms with Gasteiger partial charge in [-0.1, -0.05) is 13.0 Å². The topological polar surface area (TPSA) is 45.4 Å². The van der Waals surface area contributed by atoms with Crippen LogP contribution in [0.3, 0.4) is 0 Å². The molecule has 0 aromatic carbocycles. The maximum Gasteiger partial charge on any atom is 0.0419 e. The SMILES string of the molecule is CCc1ccc(CC(N)C2CN(C)CCCN2C)nc1. The molecule has 0 saturated carbocycles. The summed E-state index contributed by atoms with van der Waals surface area (Å²) in [4.78, 5) is 9.34. The minimum Gasteiger partial charge on any atom is -0.326 e. The van der Waals surface area contributed by atoms with Gasteiger partial charge in [0.2, 0.25) is 0 Å². The highest BCUT2D eigenvalue weighted by molar-refractivity contribution is 5.15. The van der Waals surface area contributed by atoms with Gasteiger partial charge in [0.05, 0.1) is 0 Å². The van der Waals surface area contributed by atoms with Gasteiger partial charge in [0.1, 0.15) is 0 Å². The second kappa shape index (κ2) is 7.16. The zero-order chi connectivity index (χ0) is 14.5. The summed E-state index contributed by atoms with van der Waals surface area (Å²) < 4.78 is 0. The zero-order valence-electron chi connectivity index (χ0n) is 13.0. The third-order valence-corrected chi connectivity index (χ3v) is 4.35. The van der Waals surface area contributed by atoms with Crippen molar-refractivity contribution < 1.29 is 0 Å². The highest BCUT2D eigenvalue weighted by atomic mass is 15.2. The van der Waals surface area contributed by atoms with Gasteiger partial charge in [0.15, 0.2) is 0 Å². The molecule has 2 N–H and O–H groups in total. The van der Waals surface area contributed by atoms with Gasteiger partial charge >= 0.3 is 0 Å². The van der Waals surface area contributed by atoms with Crippen LogP contribution in [0.25, 0.3) is 0 Å². The number of nitrogens with two attached hydrogens (primary N) is 1. The lowest BCUT2D eigenvalue weighted by molar-refractivity contribution is 0.194. The lowest BCUT2D eigenvalue weighted by atomic mass is 10.0. The Morgan fingerprint density at radius 1 is 1.35 bits per heavy atom. The molecular weight excluding hydrogens is 248 g/mol. The Morgan fingerprint density at radius 3 is 2.80 bits per heavy atom. The summed E-state index contributed by atoms with van der Waals surface area (Å²) in [6.07, 6.45) is 5.09. The molecule has 112 valence electrons. The Morgan fingerprint density at radius 2 is 2.15 bits per heavy atom. The van der Waals surface area contributed by atoms with E-state index in [4.69, 9.17) is 5.73 Å². The minimum atomic E-state index is 0.139. The second-order valence-electron chi connectivity index (χ2n) is 6.04. The predicted octanol–water partition coefficient (Wildman–Crippen LogP) is 1.15. The Bertz CT molecular complexity index is 403. The minimum absolute atomic E-state index is 0.139. The van der Waals surface area contributed by atoms with E-state index in [0.717, 1.165) is 38.2 Å². The van der Waals surface area contributed by atoms with Crippen molar-refractivity contribution >= 4 is 0 Å². The average molecular weight is 276 g/mol. The van der Waals surface area contributed by atoms with Crippen molar-refractivity contribution in [2.24, 2.45) is 5.73 Å². The molecule has 2 atom stereocenters. The smallest absolute Gasteiger partial charge is 0.0419 e. The van der Waals surface area contributed by atoms with Crippen LogP contribution < -0.4 is 5.73 Å². The molecule has 0 spiro atoms. The van der Waals surface area contributed by atoms with Gasteiger partial charge in [0, 0.05) is 36.9 Å². The van der Waals surface area contributed by atoms with Crippen LogP contribution in [0.4, 0.5) is 0 Å². The Labute approximate surface area is 123 Å². The van der Waals surface area contributed by atoms with E-state index in [1.165, 1.54) is 12.0 Å². The van der Waals surface area contributed by atoms with Crippen molar-refractivity contribution in [3.63, 3.8) is 0 Å². The average Bonchev–Trinajstić information content (AvgIpc) is 2.61. The first kappa shape index (κ1) is 15.4. The molecule has 0 bridgehead atoms. The largest absolute Gasteiger partial charge is 0.326 e. The number of hydrogen-bond donors (Lipinski definition) is 1. The van der Waals surface area contributed by atoms with Gasteiger partial charge in [-0.25, -0.2) is 0 Å². The standard InChI is InChI=1S/C16H28N4/c1-4-13-6-7-14(18-11-13)10-15(17)16-12-19(2)8-5-9-20(16)3/h6-7,11,15-16H,4-5,8-10,12,17H2,1-3H3. The summed E-state index contributed by atoms with van der Waals surface area (Å²) in [6.45, 7) is 5.49. The van der Waals surface area contributed by atoms with Crippen LogP contribution in [-0.4, -0.2) is 60.6 Å². The summed E-state index contributed by atoms with van der Waals surface area (Å²) in [6, 6.07) is 4.84. The number of aryl methyl sites for hydroxylation is 1. The van der Waals surface area contributed by atoms with Crippen LogP contribution in [-0.2, 0) is 12.8 Å². The Hall–Kier alpha value is -0.970. The highest BCUT2D eigenvalue weighted by Gasteiger charge is 2.26. The van der Waals surface area contributed by atoms with Crippen molar-refractivity contribution in [1.29, 1.82) is 0 Å². The molecule has 4 heteroatoms. The normalized spacial score (nSPS) is 23.5. The van der Waals surface area contributed by atoms with E-state index in [9.17, 15) is 0 Å². The summed E-state index contributed by atoms with van der Waals surface area (Å²) in [5.41, 5.74) is 8.86. The molecule has 1 aliphatic rings. The van der Waals surface area contributed by atoms with E-state index in [0.29, 0.717) is 6.04 Å². The van der Waals surface area contributed by atoms with Gasteiger partial charge in [-0.3, -0.25) is 4.98 Å². The molecule has 4 nitrogen and oxygen atoms in total. The third-order valence-electron chi connectivity index (χ3n) is 4.35. The molecule has 1 saturated heterocycles. The number of likely N-dealkylation sites (N-methyl/N-ethyl adjacent to an activating group) is 2. The molecule has 20 heavy (non-hydrogen) atoms. The fourth-order valence-electron chi connectivity index (χ4n) is 2.93. The predicted molar refractivity (Wildman–Crippen MR) is 83.8 cm³/mol. The first-order chi connectivity index (χ1) is 9.60. The molecule has 1 aromatic rings. The molecule has 1 fully saturated rings. The van der Waals surface area contributed by atoms with Crippen LogP contribution in [0.5, 0.6) is 0 Å². The van der Waals surface area contributed by atoms with Crippen molar-refractivity contribution in [3.05, 3.63) is 29.6 Å². The van der Waals surface area contributed by atoms with E-state index in [1.807, 2.05) is 6.20 Å². The van der Waals surface area contributed by atoms with Gasteiger partial charge < -0.3 is 15.5 Å². The van der Waals surface area contributed by atoms with Crippen molar-refractivity contribution in [1.82, 2.24) is 14.8 Å². The van der Waals surface area contributed by atoms with Gasteiger partial charge in [-0.05, 0) is 51.7 Å². The Kier molecular flexibility index (Phi) is 5.52. The quantitative estimate of drug-likeness (QED) is 0.896. The number of rotatable bonds is 4. The number of aromatic nitrogens is 1. The molecular formula is C16H28N4. The summed E-state index contributed by atoms with van der Waals surface area (Å²) >= 11 is 0. The zero-order valence-corrected chi connectivity index (χ0v) is 13.0. The van der Waals surface area contributed by atoms with E-state index in [-0.39, 0.29) is 6.04 Å². The lowest BCUT2D eigenvalue weighted by Gasteiger charge is -2.32. The first-order valence-corrected chi connectivity index (χ1v) is 7.68. The number of pyridine rings is 1. The number of hydrogen-bond acceptors (Lipinski definition) is 4. The molecule has 2 rings (SSSR count). The van der Waals surface area contributed by atoms with E-state index in [1.54, 1.807) is 0 Å². The fraction of sp³-hybridized carbons (Fsp3) is 0.688. The summed E-state index contributed by atoms with van der Waals surface area (Å²) in [5.74, 6) is 0. The van der Waals surface area contributed by atoms with Gasteiger partial charge in [0.25, 0.3) is 0 Å². The maximum atomic E-state index is 6.46. The molecule has 0 radical (unpaired) electrons. The maximum absolute atomic E-state index is 6.46. The Balaban J connectivity index is 1.99. The second-order valence-corrected chi connectivity index (χ2v) is 6.04. The van der Waals surface area contributed by atoms with Crippen LogP contribution in [0.15, 0.2) is 18.3 Å². The van der Waals surface area contributed by atoms with Crippen LogP contribution >= 0.6 is 0 Å². The van der Waals surface area contributed by atoms with Crippen LogP contribution in [0, 0.1) is 0 Å². The molecule has 0 amide bonds. The molecule has 1 aliphatic heterocycles.